The monoisotopic (exact) mass is 421 g/mol. The molecule has 1 aliphatic heterocycles. The molecular weight excluding hydrogens is 394 g/mol. The zero-order valence-electron chi connectivity index (χ0n) is 16.7. The average Bonchev–Trinajstić information content (AvgIpc) is 3.22. The van der Waals surface area contributed by atoms with E-state index in [0.717, 1.165) is 25.7 Å². The molecular formula is C21H28ClN3O4. The smallest absolute Gasteiger partial charge is 0.315 e. The van der Waals surface area contributed by atoms with Gasteiger partial charge in [0.15, 0.2) is 0 Å². The molecule has 1 unspecified atom stereocenters. The van der Waals surface area contributed by atoms with Crippen molar-refractivity contribution in [2.75, 3.05) is 38.6 Å². The van der Waals surface area contributed by atoms with Gasteiger partial charge in [0.1, 0.15) is 6.42 Å². The van der Waals surface area contributed by atoms with Crippen LogP contribution in [0.15, 0.2) is 24.3 Å². The minimum Gasteiger partial charge on any atom is -0.469 e. The third-order valence-corrected chi connectivity index (χ3v) is 6.03. The van der Waals surface area contributed by atoms with Crippen molar-refractivity contribution >= 4 is 35.1 Å². The molecule has 1 saturated heterocycles. The second-order valence-electron chi connectivity index (χ2n) is 7.66. The van der Waals surface area contributed by atoms with E-state index in [0.29, 0.717) is 42.8 Å². The van der Waals surface area contributed by atoms with E-state index in [4.69, 9.17) is 11.6 Å². The van der Waals surface area contributed by atoms with Crippen LogP contribution in [0.5, 0.6) is 0 Å². The van der Waals surface area contributed by atoms with Crippen molar-refractivity contribution in [3.05, 3.63) is 29.3 Å². The Kier molecular flexibility index (Phi) is 7.50. The summed E-state index contributed by atoms with van der Waals surface area (Å²) in [5, 5.41) is 3.60. The van der Waals surface area contributed by atoms with Crippen molar-refractivity contribution in [2.24, 2.45) is 5.92 Å². The largest absolute Gasteiger partial charge is 0.469 e. The first-order chi connectivity index (χ1) is 14.0. The summed E-state index contributed by atoms with van der Waals surface area (Å²) in [4.78, 5) is 40.6. The van der Waals surface area contributed by atoms with Crippen molar-refractivity contribution < 1.29 is 19.1 Å². The topological polar surface area (TPSA) is 79.0 Å². The second-order valence-corrected chi connectivity index (χ2v) is 8.10. The molecule has 1 aromatic rings. The quantitative estimate of drug-likeness (QED) is 0.564. The summed E-state index contributed by atoms with van der Waals surface area (Å²) in [6, 6.07) is 6.94. The predicted octanol–water partition coefficient (Wildman–Crippen LogP) is 2.54. The van der Waals surface area contributed by atoms with Crippen LogP contribution >= 0.6 is 11.6 Å². The van der Waals surface area contributed by atoms with E-state index in [1.165, 1.54) is 7.11 Å². The van der Waals surface area contributed by atoms with Gasteiger partial charge in [0.25, 0.3) is 0 Å². The van der Waals surface area contributed by atoms with E-state index in [1.807, 2.05) is 12.1 Å². The minimum atomic E-state index is -0.526. The number of carbonyl (C=O) groups excluding carboxylic acids is 3. The zero-order valence-corrected chi connectivity index (χ0v) is 17.5. The highest BCUT2D eigenvalue weighted by atomic mass is 35.5. The average molecular weight is 422 g/mol. The number of methoxy groups -OCH3 is 1. The molecule has 2 aliphatic rings. The van der Waals surface area contributed by atoms with Crippen molar-refractivity contribution in [1.82, 2.24) is 9.80 Å². The molecule has 0 spiro atoms. The fourth-order valence-corrected chi connectivity index (χ4v) is 4.48. The maximum absolute atomic E-state index is 13.2. The van der Waals surface area contributed by atoms with Crippen LogP contribution in [0.3, 0.4) is 0 Å². The normalized spacial score (nSPS) is 19.0. The summed E-state index contributed by atoms with van der Waals surface area (Å²) in [5.74, 6) is -0.459. The van der Waals surface area contributed by atoms with Gasteiger partial charge in [0, 0.05) is 36.9 Å². The van der Waals surface area contributed by atoms with E-state index in [1.54, 1.807) is 17.0 Å². The van der Waals surface area contributed by atoms with Crippen LogP contribution < -0.4 is 5.32 Å². The number of nitrogens with one attached hydrogen (secondary N) is 1. The first-order valence-electron chi connectivity index (χ1n) is 10.1. The predicted molar refractivity (Wildman–Crippen MR) is 111 cm³/mol. The molecule has 158 valence electrons. The van der Waals surface area contributed by atoms with Crippen LogP contribution in [0.2, 0.25) is 5.02 Å². The van der Waals surface area contributed by atoms with E-state index in [2.05, 4.69) is 15.0 Å². The SMILES string of the molecule is COC(=O)CC(=O)N1CCN(C(C(=O)Nc2cccc(Cl)c2)C2CCCC2)CC1. The fourth-order valence-electron chi connectivity index (χ4n) is 4.29. The molecule has 2 amide bonds. The van der Waals surface area contributed by atoms with Crippen LogP contribution in [0, 0.1) is 5.92 Å². The van der Waals surface area contributed by atoms with Gasteiger partial charge in [-0.05, 0) is 37.0 Å². The highest BCUT2D eigenvalue weighted by molar-refractivity contribution is 6.30. The summed E-state index contributed by atoms with van der Waals surface area (Å²) in [6.45, 7) is 2.22. The van der Waals surface area contributed by atoms with Gasteiger partial charge in [0.2, 0.25) is 11.8 Å². The molecule has 29 heavy (non-hydrogen) atoms. The first kappa shape index (κ1) is 21.6. The lowest BCUT2D eigenvalue weighted by Gasteiger charge is -2.40. The number of hydrogen-bond donors (Lipinski definition) is 1. The van der Waals surface area contributed by atoms with Crippen LogP contribution in [0.25, 0.3) is 0 Å². The molecule has 1 atom stereocenters. The Morgan fingerprint density at radius 1 is 1.17 bits per heavy atom. The van der Waals surface area contributed by atoms with Crippen molar-refractivity contribution in [2.45, 2.75) is 38.1 Å². The molecule has 0 bridgehead atoms. The molecule has 0 radical (unpaired) electrons. The number of esters is 1. The summed E-state index contributed by atoms with van der Waals surface area (Å²) < 4.78 is 4.58. The Hall–Kier alpha value is -2.12. The zero-order chi connectivity index (χ0) is 20.8. The number of ether oxygens (including phenoxy) is 1. The second kappa shape index (κ2) is 10.1. The van der Waals surface area contributed by atoms with Crippen molar-refractivity contribution in [1.29, 1.82) is 0 Å². The van der Waals surface area contributed by atoms with Gasteiger partial charge in [0.05, 0.1) is 13.2 Å². The Bertz CT molecular complexity index is 743. The summed E-state index contributed by atoms with van der Waals surface area (Å²) in [6.07, 6.45) is 4.12. The van der Waals surface area contributed by atoms with Crippen LogP contribution in [-0.2, 0) is 19.1 Å². The minimum absolute atomic E-state index is 0.0199. The maximum Gasteiger partial charge on any atom is 0.315 e. The van der Waals surface area contributed by atoms with Crippen molar-refractivity contribution in [3.63, 3.8) is 0 Å². The van der Waals surface area contributed by atoms with Gasteiger partial charge in [-0.1, -0.05) is 30.5 Å². The van der Waals surface area contributed by atoms with E-state index in [9.17, 15) is 14.4 Å². The van der Waals surface area contributed by atoms with E-state index < -0.39 is 5.97 Å². The molecule has 8 heteroatoms. The molecule has 1 aliphatic carbocycles. The molecule has 3 rings (SSSR count). The number of piperazine rings is 1. The number of carbonyl (C=O) groups is 3. The molecule has 1 aromatic carbocycles. The molecule has 1 N–H and O–H groups in total. The lowest BCUT2D eigenvalue weighted by atomic mass is 9.95. The Morgan fingerprint density at radius 3 is 2.48 bits per heavy atom. The number of hydrogen-bond acceptors (Lipinski definition) is 5. The summed E-state index contributed by atoms with van der Waals surface area (Å²) in [5.41, 5.74) is 0.692. The van der Waals surface area contributed by atoms with Gasteiger partial charge >= 0.3 is 5.97 Å². The third-order valence-electron chi connectivity index (χ3n) is 5.79. The number of rotatable bonds is 6. The Labute approximate surface area is 176 Å². The number of nitrogens with zero attached hydrogens (tertiary/aromatic N) is 2. The standard InChI is InChI=1S/C21H28ClN3O4/c1-29-19(27)14-18(26)24-9-11-25(12-10-24)20(15-5-2-3-6-15)21(28)23-17-8-4-7-16(22)13-17/h4,7-8,13,15,20H,2-3,5-6,9-12,14H2,1H3,(H,23,28). The fraction of sp³-hybridized carbons (Fsp3) is 0.571. The lowest BCUT2D eigenvalue weighted by molar-refractivity contribution is -0.147. The molecule has 2 fully saturated rings. The maximum atomic E-state index is 13.2. The number of anilines is 1. The molecule has 1 saturated carbocycles. The Balaban J connectivity index is 1.64. The van der Waals surface area contributed by atoms with Crippen LogP contribution in [0.4, 0.5) is 5.69 Å². The Morgan fingerprint density at radius 2 is 1.86 bits per heavy atom. The number of halogens is 1. The highest BCUT2D eigenvalue weighted by Gasteiger charge is 2.37. The van der Waals surface area contributed by atoms with Gasteiger partial charge in [-0.15, -0.1) is 0 Å². The summed E-state index contributed by atoms with van der Waals surface area (Å²) in [7, 11) is 1.28. The van der Waals surface area contributed by atoms with Crippen LogP contribution in [0.1, 0.15) is 32.1 Å². The number of amides is 2. The molecule has 0 aromatic heterocycles. The van der Waals surface area contributed by atoms with Crippen molar-refractivity contribution in [3.8, 4) is 0 Å². The first-order valence-corrected chi connectivity index (χ1v) is 10.5. The van der Waals surface area contributed by atoms with E-state index in [-0.39, 0.29) is 24.3 Å². The number of benzene rings is 1. The lowest BCUT2D eigenvalue weighted by Crippen LogP contribution is -2.57. The highest BCUT2D eigenvalue weighted by Crippen LogP contribution is 2.32. The molecule has 7 nitrogen and oxygen atoms in total. The van der Waals surface area contributed by atoms with Gasteiger partial charge in [-0.2, -0.15) is 0 Å². The van der Waals surface area contributed by atoms with Gasteiger partial charge < -0.3 is 15.0 Å². The summed E-state index contributed by atoms with van der Waals surface area (Å²) >= 11 is 6.04. The van der Waals surface area contributed by atoms with Gasteiger partial charge in [-0.25, -0.2) is 0 Å². The van der Waals surface area contributed by atoms with Crippen LogP contribution in [-0.4, -0.2) is 66.9 Å². The molecule has 1 heterocycles. The van der Waals surface area contributed by atoms with Gasteiger partial charge in [-0.3, -0.25) is 19.3 Å². The van der Waals surface area contributed by atoms with E-state index >= 15 is 0 Å². The third kappa shape index (κ3) is 5.70.